The van der Waals surface area contributed by atoms with Gasteiger partial charge in [-0.3, -0.25) is 9.78 Å². The number of nitrogens with one attached hydrogen (secondary N) is 1. The van der Waals surface area contributed by atoms with Crippen LogP contribution in [0.15, 0.2) is 85.1 Å². The van der Waals surface area contributed by atoms with Gasteiger partial charge >= 0.3 is 0 Å². The Bertz CT molecular complexity index is 1140. The molecule has 142 valence electrons. The molecule has 1 unspecified atom stereocenters. The van der Waals surface area contributed by atoms with Crippen LogP contribution in [0.2, 0.25) is 0 Å². The van der Waals surface area contributed by atoms with Gasteiger partial charge < -0.3 is 10.1 Å². The van der Waals surface area contributed by atoms with Crippen molar-refractivity contribution in [1.82, 2.24) is 15.3 Å². The maximum atomic E-state index is 13.1. The molecule has 0 spiro atoms. The van der Waals surface area contributed by atoms with Crippen LogP contribution in [0.3, 0.4) is 0 Å². The van der Waals surface area contributed by atoms with E-state index in [1.807, 2.05) is 72.8 Å². The number of aldehydes is 1. The van der Waals surface area contributed by atoms with Crippen LogP contribution in [0, 0.1) is 0 Å². The van der Waals surface area contributed by atoms with Crippen LogP contribution in [0.25, 0.3) is 22.3 Å². The summed E-state index contributed by atoms with van der Waals surface area (Å²) in [5, 5.41) is 3.58. The SMILES string of the molecule is O=CC(Cc1ccccc1)NC(=O)c1cc(-c2ccccn2)nc2ccccc12. The molecule has 0 aliphatic heterocycles. The second-order valence-electron chi connectivity index (χ2n) is 6.69. The van der Waals surface area contributed by atoms with Crippen molar-refractivity contribution in [2.75, 3.05) is 0 Å². The maximum absolute atomic E-state index is 13.1. The first-order chi connectivity index (χ1) is 14.2. The highest BCUT2D eigenvalue weighted by atomic mass is 16.2. The number of pyridine rings is 2. The van der Waals surface area contributed by atoms with Gasteiger partial charge in [0.05, 0.1) is 28.5 Å². The second kappa shape index (κ2) is 8.44. The monoisotopic (exact) mass is 381 g/mol. The molecule has 0 fully saturated rings. The first kappa shape index (κ1) is 18.5. The zero-order valence-corrected chi connectivity index (χ0v) is 15.7. The molecule has 0 radical (unpaired) electrons. The Labute approximate surface area is 168 Å². The third-order valence-corrected chi connectivity index (χ3v) is 4.67. The van der Waals surface area contributed by atoms with E-state index >= 15 is 0 Å². The zero-order valence-electron chi connectivity index (χ0n) is 15.7. The molecule has 0 saturated carbocycles. The number of hydrogen-bond acceptors (Lipinski definition) is 4. The third kappa shape index (κ3) is 4.19. The van der Waals surface area contributed by atoms with Gasteiger partial charge in [-0.15, -0.1) is 0 Å². The van der Waals surface area contributed by atoms with E-state index in [2.05, 4.69) is 15.3 Å². The molecule has 2 heterocycles. The third-order valence-electron chi connectivity index (χ3n) is 4.67. The molecule has 0 aliphatic carbocycles. The van der Waals surface area contributed by atoms with Crippen molar-refractivity contribution in [2.45, 2.75) is 12.5 Å². The summed E-state index contributed by atoms with van der Waals surface area (Å²) in [5.74, 6) is -0.311. The predicted molar refractivity (Wildman–Crippen MR) is 112 cm³/mol. The first-order valence-corrected chi connectivity index (χ1v) is 9.36. The molecule has 1 amide bonds. The standard InChI is InChI=1S/C24H19N3O2/c28-16-18(14-17-8-2-1-3-9-17)26-24(29)20-15-23(22-12-6-7-13-25-22)27-21-11-5-4-10-19(20)21/h1-13,15-16,18H,14H2,(H,26,29). The van der Waals surface area contributed by atoms with Crippen LogP contribution < -0.4 is 5.32 Å². The molecule has 1 atom stereocenters. The molecule has 4 rings (SSSR count). The van der Waals surface area contributed by atoms with E-state index in [9.17, 15) is 9.59 Å². The lowest BCUT2D eigenvalue weighted by molar-refractivity contribution is -0.109. The number of para-hydroxylation sites is 1. The summed E-state index contributed by atoms with van der Waals surface area (Å²) >= 11 is 0. The van der Waals surface area contributed by atoms with Crippen LogP contribution >= 0.6 is 0 Å². The Morgan fingerprint density at radius 1 is 0.931 bits per heavy atom. The zero-order chi connectivity index (χ0) is 20.1. The Balaban J connectivity index is 1.68. The maximum Gasteiger partial charge on any atom is 0.252 e. The molecular weight excluding hydrogens is 362 g/mol. The van der Waals surface area contributed by atoms with E-state index in [0.29, 0.717) is 28.9 Å². The molecule has 5 nitrogen and oxygen atoms in total. The second-order valence-corrected chi connectivity index (χ2v) is 6.69. The number of fused-ring (bicyclic) bond motifs is 1. The summed E-state index contributed by atoms with van der Waals surface area (Å²) in [6, 6.07) is 23.7. The van der Waals surface area contributed by atoms with Gasteiger partial charge in [0.15, 0.2) is 0 Å². The molecule has 0 bridgehead atoms. The number of aromatic nitrogens is 2. The summed E-state index contributed by atoms with van der Waals surface area (Å²) in [7, 11) is 0. The lowest BCUT2D eigenvalue weighted by Crippen LogP contribution is -2.37. The molecule has 4 aromatic rings. The van der Waals surface area contributed by atoms with Gasteiger partial charge in [0.2, 0.25) is 0 Å². The summed E-state index contributed by atoms with van der Waals surface area (Å²) in [6.07, 6.45) is 2.90. The van der Waals surface area contributed by atoms with Gasteiger partial charge in [-0.05, 0) is 36.2 Å². The van der Waals surface area contributed by atoms with Gasteiger partial charge in [-0.2, -0.15) is 0 Å². The number of amides is 1. The van der Waals surface area contributed by atoms with E-state index in [0.717, 1.165) is 17.2 Å². The van der Waals surface area contributed by atoms with Crippen molar-refractivity contribution < 1.29 is 9.59 Å². The number of rotatable bonds is 6. The van der Waals surface area contributed by atoms with Gasteiger partial charge in [0.1, 0.15) is 6.29 Å². The van der Waals surface area contributed by atoms with E-state index in [4.69, 9.17) is 0 Å². The smallest absolute Gasteiger partial charge is 0.252 e. The minimum atomic E-state index is -0.616. The molecule has 0 aliphatic rings. The number of carbonyl (C=O) groups excluding carboxylic acids is 2. The van der Waals surface area contributed by atoms with Crippen molar-refractivity contribution >= 4 is 23.1 Å². The largest absolute Gasteiger partial charge is 0.342 e. The van der Waals surface area contributed by atoms with Gasteiger partial charge in [0.25, 0.3) is 5.91 Å². The normalized spacial score (nSPS) is 11.7. The fourth-order valence-corrected chi connectivity index (χ4v) is 3.26. The fraction of sp³-hybridized carbons (Fsp3) is 0.0833. The first-order valence-electron chi connectivity index (χ1n) is 9.36. The Kier molecular flexibility index (Phi) is 5.38. The molecular formula is C24H19N3O2. The average Bonchev–Trinajstić information content (AvgIpc) is 2.79. The predicted octanol–water partition coefficient (Wildman–Crippen LogP) is 3.84. The topological polar surface area (TPSA) is 72.0 Å². The Morgan fingerprint density at radius 2 is 1.69 bits per heavy atom. The Hall–Kier alpha value is -3.86. The van der Waals surface area contributed by atoms with Crippen LogP contribution in [0.1, 0.15) is 15.9 Å². The van der Waals surface area contributed by atoms with Crippen LogP contribution in [-0.4, -0.2) is 28.2 Å². The average molecular weight is 381 g/mol. The highest BCUT2D eigenvalue weighted by molar-refractivity contribution is 6.07. The van der Waals surface area contributed by atoms with Crippen LogP contribution in [0.4, 0.5) is 0 Å². The summed E-state index contributed by atoms with van der Waals surface area (Å²) in [6.45, 7) is 0. The lowest BCUT2D eigenvalue weighted by atomic mass is 10.0. The molecule has 1 N–H and O–H groups in total. The van der Waals surface area contributed by atoms with E-state index in [-0.39, 0.29) is 5.91 Å². The number of nitrogens with zero attached hydrogens (tertiary/aromatic N) is 2. The molecule has 5 heteroatoms. The van der Waals surface area contributed by atoms with E-state index in [1.54, 1.807) is 12.3 Å². The summed E-state index contributed by atoms with van der Waals surface area (Å²) in [4.78, 5) is 33.7. The quantitative estimate of drug-likeness (QED) is 0.515. The van der Waals surface area contributed by atoms with Crippen LogP contribution in [-0.2, 0) is 11.2 Å². The number of carbonyl (C=O) groups is 2. The Morgan fingerprint density at radius 3 is 2.45 bits per heavy atom. The molecule has 2 aromatic heterocycles. The fourth-order valence-electron chi connectivity index (χ4n) is 3.26. The van der Waals surface area contributed by atoms with Crippen molar-refractivity contribution in [1.29, 1.82) is 0 Å². The van der Waals surface area contributed by atoms with Gasteiger partial charge in [0, 0.05) is 11.6 Å². The van der Waals surface area contributed by atoms with Crippen molar-refractivity contribution in [3.8, 4) is 11.4 Å². The van der Waals surface area contributed by atoms with Crippen LogP contribution in [0.5, 0.6) is 0 Å². The van der Waals surface area contributed by atoms with Gasteiger partial charge in [-0.1, -0.05) is 54.6 Å². The minimum absolute atomic E-state index is 0.311. The lowest BCUT2D eigenvalue weighted by Gasteiger charge is -2.15. The summed E-state index contributed by atoms with van der Waals surface area (Å²) in [5.41, 5.74) is 3.45. The van der Waals surface area contributed by atoms with E-state index in [1.165, 1.54) is 0 Å². The van der Waals surface area contributed by atoms with E-state index < -0.39 is 6.04 Å². The number of benzene rings is 2. The number of hydrogen-bond donors (Lipinski definition) is 1. The van der Waals surface area contributed by atoms with Crippen molar-refractivity contribution in [3.63, 3.8) is 0 Å². The van der Waals surface area contributed by atoms with Crippen molar-refractivity contribution in [2.24, 2.45) is 0 Å². The molecule has 0 saturated heterocycles. The molecule has 2 aromatic carbocycles. The van der Waals surface area contributed by atoms with Crippen molar-refractivity contribution in [3.05, 3.63) is 96.2 Å². The molecule has 29 heavy (non-hydrogen) atoms. The highest BCUT2D eigenvalue weighted by Gasteiger charge is 2.18. The minimum Gasteiger partial charge on any atom is -0.342 e. The van der Waals surface area contributed by atoms with Gasteiger partial charge in [-0.25, -0.2) is 4.98 Å². The summed E-state index contributed by atoms with van der Waals surface area (Å²) < 4.78 is 0. The highest BCUT2D eigenvalue weighted by Crippen LogP contribution is 2.23.